The van der Waals surface area contributed by atoms with Gasteiger partial charge in [0, 0.05) is 22.7 Å². The van der Waals surface area contributed by atoms with Crippen molar-refractivity contribution in [2.45, 2.75) is 32.1 Å². The second kappa shape index (κ2) is 3.30. The molecule has 1 saturated heterocycles. The molecule has 16 heavy (non-hydrogen) atoms. The molecule has 0 radical (unpaired) electrons. The summed E-state index contributed by atoms with van der Waals surface area (Å²) in [5, 5.41) is 3.44. The third kappa shape index (κ3) is 1.56. The maximum absolute atomic E-state index is 4.86. The molecule has 0 aromatic carbocycles. The number of fused-ring (bicyclic) bond motifs is 1. The van der Waals surface area contributed by atoms with E-state index in [1.54, 1.807) is 0 Å². The van der Waals surface area contributed by atoms with Crippen molar-refractivity contribution < 1.29 is 0 Å². The van der Waals surface area contributed by atoms with Gasteiger partial charge in [0.1, 0.15) is 0 Å². The Labute approximate surface area is 97.5 Å². The highest BCUT2D eigenvalue weighted by Crippen LogP contribution is 2.55. The van der Waals surface area contributed by atoms with E-state index in [2.05, 4.69) is 44.3 Å². The molecule has 86 valence electrons. The molecule has 2 aliphatic rings. The van der Waals surface area contributed by atoms with Crippen LogP contribution in [-0.4, -0.2) is 18.1 Å². The van der Waals surface area contributed by atoms with Crippen LogP contribution in [0.5, 0.6) is 0 Å². The summed E-state index contributed by atoms with van der Waals surface area (Å²) < 4.78 is 0. The molecule has 1 N–H and O–H groups in total. The fourth-order valence-electron chi connectivity index (χ4n) is 2.91. The number of pyridine rings is 1. The number of piperidine rings is 1. The van der Waals surface area contributed by atoms with E-state index in [0.717, 1.165) is 17.8 Å². The summed E-state index contributed by atoms with van der Waals surface area (Å²) in [6, 6.07) is 6.53. The summed E-state index contributed by atoms with van der Waals surface area (Å²) in [6.07, 6.45) is 0. The molecule has 2 unspecified atom stereocenters. The van der Waals surface area contributed by atoms with Crippen LogP contribution in [0.4, 0.5) is 0 Å². The van der Waals surface area contributed by atoms with Crippen molar-refractivity contribution in [3.63, 3.8) is 0 Å². The van der Waals surface area contributed by atoms with Gasteiger partial charge in [0.25, 0.3) is 0 Å². The van der Waals surface area contributed by atoms with Gasteiger partial charge in [-0.05, 0) is 37.1 Å². The summed E-state index contributed by atoms with van der Waals surface area (Å²) in [7, 11) is 0. The summed E-state index contributed by atoms with van der Waals surface area (Å²) in [5.41, 5.74) is 2.71. The van der Waals surface area contributed by atoms with Crippen LogP contribution in [0.3, 0.4) is 0 Å². The van der Waals surface area contributed by atoms with Gasteiger partial charge in [-0.3, -0.25) is 4.98 Å². The highest BCUT2D eigenvalue weighted by molar-refractivity contribution is 5.27. The Morgan fingerprint density at radius 3 is 2.50 bits per heavy atom. The largest absolute Gasteiger partial charge is 0.316 e. The van der Waals surface area contributed by atoms with Crippen molar-refractivity contribution >= 4 is 0 Å². The van der Waals surface area contributed by atoms with Crippen molar-refractivity contribution in [3.8, 4) is 0 Å². The van der Waals surface area contributed by atoms with Crippen LogP contribution < -0.4 is 5.32 Å². The minimum atomic E-state index is 0.165. The highest BCUT2D eigenvalue weighted by Gasteiger charge is 2.54. The highest BCUT2D eigenvalue weighted by atomic mass is 15.0. The molecule has 1 aromatic heterocycles. The van der Waals surface area contributed by atoms with Gasteiger partial charge >= 0.3 is 0 Å². The summed E-state index contributed by atoms with van der Waals surface area (Å²) in [4.78, 5) is 4.86. The van der Waals surface area contributed by atoms with Crippen molar-refractivity contribution in [1.29, 1.82) is 0 Å². The molecule has 2 fully saturated rings. The van der Waals surface area contributed by atoms with Gasteiger partial charge in [0.2, 0.25) is 0 Å². The zero-order valence-corrected chi connectivity index (χ0v) is 10.3. The molecular formula is C14H20N2. The Bertz CT molecular complexity index is 395. The van der Waals surface area contributed by atoms with E-state index in [9.17, 15) is 0 Å². The van der Waals surface area contributed by atoms with Crippen LogP contribution in [-0.2, 0) is 5.41 Å². The predicted octanol–water partition coefficient (Wildman–Crippen LogP) is 2.31. The average Bonchev–Trinajstić information content (AvgIpc) is 2.72. The summed E-state index contributed by atoms with van der Waals surface area (Å²) in [6.45, 7) is 9.07. The number of hydrogen-bond donors (Lipinski definition) is 1. The van der Waals surface area contributed by atoms with Gasteiger partial charge in [-0.2, -0.15) is 0 Å². The van der Waals surface area contributed by atoms with E-state index in [1.165, 1.54) is 24.5 Å². The molecule has 1 saturated carbocycles. The van der Waals surface area contributed by atoms with E-state index in [-0.39, 0.29) is 5.41 Å². The van der Waals surface area contributed by atoms with Crippen LogP contribution in [0, 0.1) is 11.8 Å². The van der Waals surface area contributed by atoms with E-state index in [4.69, 9.17) is 4.98 Å². The van der Waals surface area contributed by atoms with E-state index in [1.807, 2.05) is 0 Å². The standard InChI is InChI=1S/C14H20N2/c1-14(2,3)12-6-4-5-11(16-12)13-9-7-15-8-10(9)13/h4-6,9-10,13,15H,7-8H2,1-3H3. The third-order valence-corrected chi connectivity index (χ3v) is 3.97. The van der Waals surface area contributed by atoms with Gasteiger partial charge in [-0.15, -0.1) is 0 Å². The molecule has 2 heteroatoms. The molecule has 1 aliphatic heterocycles. The topological polar surface area (TPSA) is 24.9 Å². The smallest absolute Gasteiger partial charge is 0.0460 e. The zero-order chi connectivity index (χ0) is 11.3. The number of hydrogen-bond acceptors (Lipinski definition) is 2. The first-order valence-corrected chi connectivity index (χ1v) is 6.25. The van der Waals surface area contributed by atoms with Crippen LogP contribution in [0.15, 0.2) is 18.2 Å². The zero-order valence-electron chi connectivity index (χ0n) is 10.3. The molecule has 3 rings (SSSR count). The molecule has 0 bridgehead atoms. The van der Waals surface area contributed by atoms with E-state index >= 15 is 0 Å². The van der Waals surface area contributed by atoms with Gasteiger partial charge in [0.15, 0.2) is 0 Å². The van der Waals surface area contributed by atoms with Crippen molar-refractivity contribution in [2.24, 2.45) is 11.8 Å². The quantitative estimate of drug-likeness (QED) is 0.779. The van der Waals surface area contributed by atoms with Crippen molar-refractivity contribution in [1.82, 2.24) is 10.3 Å². The van der Waals surface area contributed by atoms with E-state index < -0.39 is 0 Å². The van der Waals surface area contributed by atoms with Crippen molar-refractivity contribution in [3.05, 3.63) is 29.6 Å². The summed E-state index contributed by atoms with van der Waals surface area (Å²) >= 11 is 0. The molecular weight excluding hydrogens is 196 g/mol. The van der Waals surface area contributed by atoms with E-state index in [0.29, 0.717) is 0 Å². The molecule has 1 aromatic rings. The Balaban J connectivity index is 1.87. The normalized spacial score (nSPS) is 32.6. The molecule has 0 amide bonds. The van der Waals surface area contributed by atoms with Crippen LogP contribution in [0.1, 0.15) is 38.1 Å². The molecule has 2 heterocycles. The summed E-state index contributed by atoms with van der Waals surface area (Å²) in [5.74, 6) is 2.47. The first kappa shape index (κ1) is 10.3. The fourth-order valence-corrected chi connectivity index (χ4v) is 2.91. The molecule has 2 nitrogen and oxygen atoms in total. The molecule has 2 atom stereocenters. The first-order valence-electron chi connectivity index (χ1n) is 6.25. The molecule has 0 spiro atoms. The lowest BCUT2D eigenvalue weighted by molar-refractivity contribution is 0.562. The number of rotatable bonds is 1. The SMILES string of the molecule is CC(C)(C)c1cccc(C2C3CNCC32)n1. The Morgan fingerprint density at radius 2 is 1.88 bits per heavy atom. The minimum absolute atomic E-state index is 0.165. The second-order valence-electron chi connectivity index (χ2n) is 6.21. The lowest BCUT2D eigenvalue weighted by atomic mass is 9.91. The second-order valence-corrected chi connectivity index (χ2v) is 6.21. The number of nitrogens with one attached hydrogen (secondary N) is 1. The number of nitrogens with zero attached hydrogens (tertiary/aromatic N) is 1. The van der Waals surface area contributed by atoms with Crippen LogP contribution in [0.25, 0.3) is 0 Å². The Morgan fingerprint density at radius 1 is 1.19 bits per heavy atom. The minimum Gasteiger partial charge on any atom is -0.316 e. The lowest BCUT2D eigenvalue weighted by Gasteiger charge is -2.18. The average molecular weight is 216 g/mol. The van der Waals surface area contributed by atoms with Crippen LogP contribution >= 0.6 is 0 Å². The first-order chi connectivity index (χ1) is 7.57. The third-order valence-electron chi connectivity index (χ3n) is 3.97. The van der Waals surface area contributed by atoms with Gasteiger partial charge in [0.05, 0.1) is 0 Å². The monoisotopic (exact) mass is 216 g/mol. The van der Waals surface area contributed by atoms with Crippen LogP contribution in [0.2, 0.25) is 0 Å². The fraction of sp³-hybridized carbons (Fsp3) is 0.643. The van der Waals surface area contributed by atoms with Gasteiger partial charge in [-0.25, -0.2) is 0 Å². The maximum Gasteiger partial charge on any atom is 0.0460 e. The van der Waals surface area contributed by atoms with Crippen molar-refractivity contribution in [2.75, 3.05) is 13.1 Å². The molecule has 1 aliphatic carbocycles. The number of aromatic nitrogens is 1. The Kier molecular flexibility index (Phi) is 2.12. The van der Waals surface area contributed by atoms with Gasteiger partial charge < -0.3 is 5.32 Å². The van der Waals surface area contributed by atoms with Gasteiger partial charge in [-0.1, -0.05) is 26.8 Å². The lowest BCUT2D eigenvalue weighted by Crippen LogP contribution is -2.17. The Hall–Kier alpha value is -0.890. The predicted molar refractivity (Wildman–Crippen MR) is 65.5 cm³/mol. The maximum atomic E-state index is 4.86.